The average Bonchev–Trinajstić information content (AvgIpc) is 2.94. The Morgan fingerprint density at radius 3 is 2.74 bits per heavy atom. The van der Waals surface area contributed by atoms with Crippen LogP contribution in [0, 0.1) is 0 Å². The Kier molecular flexibility index (Phi) is 5.89. The van der Waals surface area contributed by atoms with Gasteiger partial charge in [-0.05, 0) is 25.7 Å². The third-order valence-corrected chi connectivity index (χ3v) is 8.28. The van der Waals surface area contributed by atoms with Crippen LogP contribution in [0.5, 0.6) is 0 Å². The fraction of sp³-hybridized carbons (Fsp3) is 0.917. The second-order valence-corrected chi connectivity index (χ2v) is 10.3. The number of carbonyl (C=O) groups excluding carboxylic acids is 1. The number of hydrogen-bond donors (Lipinski definition) is 1. The molecule has 1 N–H and O–H groups in total. The van der Waals surface area contributed by atoms with E-state index in [1.807, 2.05) is 21.6 Å². The molecule has 2 fully saturated rings. The van der Waals surface area contributed by atoms with Crippen molar-refractivity contribution in [2.24, 2.45) is 0 Å². The van der Waals surface area contributed by atoms with Gasteiger partial charge < -0.3 is 5.32 Å². The van der Waals surface area contributed by atoms with Crippen LogP contribution in [-0.2, 0) is 14.6 Å². The highest BCUT2D eigenvalue weighted by Gasteiger charge is 2.28. The predicted molar refractivity (Wildman–Crippen MR) is 82.1 cm³/mol. The Balaban J connectivity index is 1.55. The molecule has 1 amide bonds. The van der Waals surface area contributed by atoms with Gasteiger partial charge in [0.05, 0.1) is 11.5 Å². The molecular formula is C12H21NO3S3. The lowest BCUT2D eigenvalue weighted by Gasteiger charge is -2.11. The molecule has 2 rings (SSSR count). The van der Waals surface area contributed by atoms with Crippen LogP contribution in [0.25, 0.3) is 0 Å². The van der Waals surface area contributed by atoms with Gasteiger partial charge in [0, 0.05) is 23.5 Å². The van der Waals surface area contributed by atoms with Crippen LogP contribution in [0.15, 0.2) is 0 Å². The lowest BCUT2D eigenvalue weighted by atomic mass is 10.1. The highest BCUT2D eigenvalue weighted by molar-refractivity contribution is 8.77. The molecule has 0 aliphatic carbocycles. The summed E-state index contributed by atoms with van der Waals surface area (Å²) < 4.78 is 22.5. The number of hydrogen-bond acceptors (Lipinski definition) is 5. The van der Waals surface area contributed by atoms with E-state index in [9.17, 15) is 13.2 Å². The molecule has 2 saturated heterocycles. The monoisotopic (exact) mass is 323 g/mol. The largest absolute Gasteiger partial charge is 0.352 e. The first-order chi connectivity index (χ1) is 9.05. The van der Waals surface area contributed by atoms with E-state index in [2.05, 4.69) is 5.32 Å². The molecule has 0 bridgehead atoms. The highest BCUT2D eigenvalue weighted by Crippen LogP contribution is 2.39. The van der Waals surface area contributed by atoms with Crippen LogP contribution >= 0.6 is 21.6 Å². The Morgan fingerprint density at radius 2 is 2.11 bits per heavy atom. The predicted octanol–water partition coefficient (Wildman–Crippen LogP) is 2.00. The van der Waals surface area contributed by atoms with Gasteiger partial charge in [-0.1, -0.05) is 28.0 Å². The molecule has 19 heavy (non-hydrogen) atoms. The summed E-state index contributed by atoms with van der Waals surface area (Å²) in [6, 6.07) is -0.153. The number of sulfone groups is 1. The maximum absolute atomic E-state index is 11.7. The Hall–Kier alpha value is 0.120. The zero-order chi connectivity index (χ0) is 13.7. The van der Waals surface area contributed by atoms with Crippen LogP contribution in [-0.4, -0.2) is 42.9 Å². The van der Waals surface area contributed by atoms with Crippen LogP contribution < -0.4 is 5.32 Å². The molecule has 2 atom stereocenters. The summed E-state index contributed by atoms with van der Waals surface area (Å²) in [4.78, 5) is 11.7. The minimum atomic E-state index is -2.90. The van der Waals surface area contributed by atoms with Crippen LogP contribution in [0.2, 0.25) is 0 Å². The quantitative estimate of drug-likeness (QED) is 0.598. The van der Waals surface area contributed by atoms with Crippen molar-refractivity contribution in [3.63, 3.8) is 0 Å². The van der Waals surface area contributed by atoms with E-state index >= 15 is 0 Å². The molecular weight excluding hydrogens is 302 g/mol. The number of unbranched alkanes of at least 4 members (excludes halogenated alkanes) is 1. The van der Waals surface area contributed by atoms with Gasteiger partial charge >= 0.3 is 0 Å². The minimum absolute atomic E-state index is 0.00977. The molecule has 0 aromatic heterocycles. The normalized spacial score (nSPS) is 29.5. The zero-order valence-electron chi connectivity index (χ0n) is 11.0. The maximum Gasteiger partial charge on any atom is 0.220 e. The lowest BCUT2D eigenvalue weighted by molar-refractivity contribution is -0.121. The van der Waals surface area contributed by atoms with E-state index in [-0.39, 0.29) is 23.5 Å². The summed E-state index contributed by atoms with van der Waals surface area (Å²) in [5, 5.41) is 3.61. The van der Waals surface area contributed by atoms with Crippen LogP contribution in [0.4, 0.5) is 0 Å². The van der Waals surface area contributed by atoms with Gasteiger partial charge in [0.2, 0.25) is 5.91 Å². The molecule has 0 aromatic rings. The van der Waals surface area contributed by atoms with Crippen LogP contribution in [0.3, 0.4) is 0 Å². The molecule has 0 aromatic carbocycles. The first kappa shape index (κ1) is 15.5. The zero-order valence-corrected chi connectivity index (χ0v) is 13.4. The smallest absolute Gasteiger partial charge is 0.220 e. The van der Waals surface area contributed by atoms with Crippen molar-refractivity contribution in [2.45, 2.75) is 49.8 Å². The van der Waals surface area contributed by atoms with Crippen molar-refractivity contribution in [3.05, 3.63) is 0 Å². The van der Waals surface area contributed by atoms with Gasteiger partial charge in [-0.2, -0.15) is 0 Å². The number of amides is 1. The molecule has 110 valence electrons. The molecule has 2 heterocycles. The summed E-state index contributed by atoms with van der Waals surface area (Å²) in [6.45, 7) is 0. The first-order valence-corrected chi connectivity index (χ1v) is 11.0. The standard InChI is InChI=1S/C12H21NO3S3/c14-12(13-10-6-8-19(15,16)9-10)4-2-1-3-11-5-7-17-18-11/h10-11H,1-9H2,(H,13,14). The lowest BCUT2D eigenvalue weighted by Crippen LogP contribution is -2.35. The van der Waals surface area contributed by atoms with Crippen molar-refractivity contribution >= 4 is 37.3 Å². The fourth-order valence-electron chi connectivity index (χ4n) is 2.43. The van der Waals surface area contributed by atoms with Crippen molar-refractivity contribution in [1.29, 1.82) is 0 Å². The molecule has 2 aliphatic rings. The van der Waals surface area contributed by atoms with Gasteiger partial charge in [0.25, 0.3) is 0 Å². The van der Waals surface area contributed by atoms with Gasteiger partial charge in [0.15, 0.2) is 9.84 Å². The summed E-state index contributed by atoms with van der Waals surface area (Å²) in [7, 11) is 1.03. The second-order valence-electron chi connectivity index (χ2n) is 5.24. The molecule has 2 unspecified atom stereocenters. The molecule has 0 spiro atoms. The maximum atomic E-state index is 11.7. The highest BCUT2D eigenvalue weighted by atomic mass is 33.1. The van der Waals surface area contributed by atoms with Crippen molar-refractivity contribution in [3.8, 4) is 0 Å². The third kappa shape index (κ3) is 5.55. The van der Waals surface area contributed by atoms with Crippen molar-refractivity contribution < 1.29 is 13.2 Å². The number of rotatable bonds is 6. The first-order valence-electron chi connectivity index (χ1n) is 6.83. The summed E-state index contributed by atoms with van der Waals surface area (Å²) in [5.74, 6) is 1.60. The van der Waals surface area contributed by atoms with Crippen molar-refractivity contribution in [1.82, 2.24) is 5.32 Å². The van der Waals surface area contributed by atoms with Crippen molar-refractivity contribution in [2.75, 3.05) is 17.3 Å². The molecule has 7 heteroatoms. The van der Waals surface area contributed by atoms with Gasteiger partial charge in [-0.15, -0.1) is 0 Å². The molecule has 4 nitrogen and oxygen atoms in total. The molecule has 2 aliphatic heterocycles. The van der Waals surface area contributed by atoms with E-state index in [4.69, 9.17) is 0 Å². The number of nitrogens with one attached hydrogen (secondary N) is 1. The Labute approximate surface area is 123 Å². The molecule has 0 saturated carbocycles. The SMILES string of the molecule is O=C(CCCCC1CCSS1)NC1CCS(=O)(=O)C1. The topological polar surface area (TPSA) is 63.2 Å². The average molecular weight is 324 g/mol. The summed E-state index contributed by atoms with van der Waals surface area (Å²) in [6.07, 6.45) is 5.59. The van der Waals surface area contributed by atoms with Gasteiger partial charge in [-0.3, -0.25) is 4.79 Å². The van der Waals surface area contributed by atoms with E-state index in [1.165, 1.54) is 18.6 Å². The van der Waals surface area contributed by atoms with E-state index in [0.717, 1.165) is 18.1 Å². The third-order valence-electron chi connectivity index (χ3n) is 3.50. The Bertz CT molecular complexity index is 404. The van der Waals surface area contributed by atoms with Gasteiger partial charge in [0.1, 0.15) is 0 Å². The second kappa shape index (κ2) is 7.22. The minimum Gasteiger partial charge on any atom is -0.352 e. The summed E-state index contributed by atoms with van der Waals surface area (Å²) in [5.41, 5.74) is 0. The van der Waals surface area contributed by atoms with E-state index in [0.29, 0.717) is 12.8 Å². The van der Waals surface area contributed by atoms with E-state index in [1.54, 1.807) is 0 Å². The molecule has 0 radical (unpaired) electrons. The van der Waals surface area contributed by atoms with Crippen LogP contribution in [0.1, 0.15) is 38.5 Å². The fourth-order valence-corrected chi connectivity index (χ4v) is 7.13. The van der Waals surface area contributed by atoms with Gasteiger partial charge in [-0.25, -0.2) is 8.42 Å². The number of carbonyl (C=O) groups is 1. The van der Waals surface area contributed by atoms with E-state index < -0.39 is 9.84 Å². The Morgan fingerprint density at radius 1 is 1.26 bits per heavy atom. The summed E-state index contributed by atoms with van der Waals surface area (Å²) >= 11 is 0.